The summed E-state index contributed by atoms with van der Waals surface area (Å²) in [5.74, 6) is 0.877. The van der Waals surface area contributed by atoms with E-state index in [-0.39, 0.29) is 5.82 Å². The number of aliphatic hydroxyl groups is 1. The van der Waals surface area contributed by atoms with E-state index in [0.29, 0.717) is 37.8 Å². The number of hydrogen-bond donors (Lipinski definition) is 3. The molecular weight excluding hydrogens is 383 g/mol. The fourth-order valence-electron chi connectivity index (χ4n) is 2.94. The summed E-state index contributed by atoms with van der Waals surface area (Å²) in [6, 6.07) is 15.6. The first kappa shape index (κ1) is 21.5. The first-order chi connectivity index (χ1) is 14.7. The van der Waals surface area contributed by atoms with Crippen LogP contribution in [0, 0.1) is 5.82 Å². The van der Waals surface area contributed by atoms with Gasteiger partial charge in [0.15, 0.2) is 5.96 Å². The van der Waals surface area contributed by atoms with Crippen LogP contribution in [-0.4, -0.2) is 35.7 Å². The first-order valence-electron chi connectivity index (χ1n) is 10.1. The molecule has 1 aromatic heterocycles. The van der Waals surface area contributed by atoms with Crippen molar-refractivity contribution in [1.29, 1.82) is 0 Å². The molecule has 0 aliphatic carbocycles. The summed E-state index contributed by atoms with van der Waals surface area (Å²) >= 11 is 0. The molecule has 3 aromatic rings. The summed E-state index contributed by atoms with van der Waals surface area (Å²) < 4.78 is 18.5. The summed E-state index contributed by atoms with van der Waals surface area (Å²) in [7, 11) is 0. The zero-order chi connectivity index (χ0) is 21.2. The molecule has 0 aliphatic heterocycles. The van der Waals surface area contributed by atoms with Crippen LogP contribution in [0.1, 0.15) is 30.7 Å². The van der Waals surface area contributed by atoms with Crippen molar-refractivity contribution in [3.63, 3.8) is 0 Å². The number of hydrogen-bond acceptors (Lipinski definition) is 4. The summed E-state index contributed by atoms with van der Waals surface area (Å²) in [4.78, 5) is 8.98. The van der Waals surface area contributed by atoms with Crippen molar-refractivity contribution in [3.05, 3.63) is 77.9 Å². The summed E-state index contributed by atoms with van der Waals surface area (Å²) in [5, 5.41) is 16.7. The predicted octanol–water partition coefficient (Wildman–Crippen LogP) is 3.70. The Bertz CT molecular complexity index is 926. The minimum Gasteiger partial charge on any atom is -0.444 e. The molecule has 1 unspecified atom stereocenters. The van der Waals surface area contributed by atoms with Gasteiger partial charge in [0.05, 0.1) is 11.8 Å². The lowest BCUT2D eigenvalue weighted by molar-refractivity contribution is 0.170. The molecule has 1 heterocycles. The Hall–Kier alpha value is -3.19. The third-order valence-corrected chi connectivity index (χ3v) is 4.52. The Kier molecular flexibility index (Phi) is 7.97. The number of aliphatic imine (C=N–C) groups is 1. The van der Waals surface area contributed by atoms with E-state index >= 15 is 0 Å². The van der Waals surface area contributed by atoms with Gasteiger partial charge in [0.2, 0.25) is 5.89 Å². The highest BCUT2D eigenvalue weighted by atomic mass is 19.1. The normalized spacial score (nSPS) is 12.6. The predicted molar refractivity (Wildman–Crippen MR) is 116 cm³/mol. The van der Waals surface area contributed by atoms with Gasteiger partial charge in [-0.2, -0.15) is 0 Å². The van der Waals surface area contributed by atoms with Crippen molar-refractivity contribution in [1.82, 2.24) is 15.6 Å². The molecule has 6 nitrogen and oxygen atoms in total. The number of aliphatic hydroxyl groups excluding tert-OH is 1. The fraction of sp³-hybridized carbons (Fsp3) is 0.304. The third-order valence-electron chi connectivity index (χ3n) is 4.52. The average Bonchev–Trinajstić information content (AvgIpc) is 3.23. The number of guanidine groups is 1. The lowest BCUT2D eigenvalue weighted by Crippen LogP contribution is -2.38. The highest BCUT2D eigenvalue weighted by molar-refractivity contribution is 5.79. The van der Waals surface area contributed by atoms with Crippen LogP contribution in [0.5, 0.6) is 0 Å². The van der Waals surface area contributed by atoms with Crippen LogP contribution in [0.15, 0.2) is 70.3 Å². The van der Waals surface area contributed by atoms with Crippen molar-refractivity contribution in [2.24, 2.45) is 4.99 Å². The molecule has 3 rings (SSSR count). The highest BCUT2D eigenvalue weighted by Gasteiger charge is 2.08. The van der Waals surface area contributed by atoms with Crippen LogP contribution in [-0.2, 0) is 6.42 Å². The quantitative estimate of drug-likeness (QED) is 0.370. The van der Waals surface area contributed by atoms with E-state index in [1.54, 1.807) is 18.4 Å². The minimum atomic E-state index is -0.530. The Balaban J connectivity index is 1.47. The molecule has 158 valence electrons. The minimum absolute atomic E-state index is 0.291. The van der Waals surface area contributed by atoms with Gasteiger partial charge < -0.3 is 20.2 Å². The van der Waals surface area contributed by atoms with Crippen molar-refractivity contribution >= 4 is 5.96 Å². The number of aromatic nitrogens is 1. The van der Waals surface area contributed by atoms with Crippen molar-refractivity contribution in [2.45, 2.75) is 25.9 Å². The van der Waals surface area contributed by atoms with Crippen LogP contribution >= 0.6 is 0 Å². The number of rotatable bonds is 9. The second kappa shape index (κ2) is 11.1. The van der Waals surface area contributed by atoms with Gasteiger partial charge in [-0.25, -0.2) is 9.37 Å². The van der Waals surface area contributed by atoms with Gasteiger partial charge in [0, 0.05) is 31.6 Å². The van der Waals surface area contributed by atoms with Gasteiger partial charge in [-0.15, -0.1) is 0 Å². The molecule has 0 saturated heterocycles. The maximum Gasteiger partial charge on any atom is 0.226 e. The van der Waals surface area contributed by atoms with Crippen molar-refractivity contribution in [3.8, 4) is 11.5 Å². The largest absolute Gasteiger partial charge is 0.444 e. The summed E-state index contributed by atoms with van der Waals surface area (Å²) in [6.07, 6.45) is 2.28. The molecule has 1 atom stereocenters. The van der Waals surface area contributed by atoms with Gasteiger partial charge in [-0.05, 0) is 43.2 Å². The molecule has 0 saturated carbocycles. The molecule has 2 aromatic carbocycles. The molecule has 30 heavy (non-hydrogen) atoms. The fourth-order valence-corrected chi connectivity index (χ4v) is 2.94. The second-order valence-electron chi connectivity index (χ2n) is 6.80. The Morgan fingerprint density at radius 1 is 1.13 bits per heavy atom. The number of oxazole rings is 1. The van der Waals surface area contributed by atoms with Crippen LogP contribution in [0.3, 0.4) is 0 Å². The van der Waals surface area contributed by atoms with Crippen LogP contribution in [0.2, 0.25) is 0 Å². The number of benzene rings is 2. The molecule has 0 bridgehead atoms. The Labute approximate surface area is 175 Å². The van der Waals surface area contributed by atoms with Crippen LogP contribution in [0.25, 0.3) is 11.5 Å². The maximum atomic E-state index is 13.0. The standard InChI is InChI=1S/C23H27FN4O2/c1-2-25-23(27-15-13-21(29)17-6-4-3-5-7-17)26-14-12-20-16-30-22(28-20)18-8-10-19(24)11-9-18/h3-11,16,21,29H,2,12-15H2,1H3,(H2,25,26,27). The van der Waals surface area contributed by atoms with Crippen molar-refractivity contribution < 1.29 is 13.9 Å². The maximum absolute atomic E-state index is 13.0. The highest BCUT2D eigenvalue weighted by Crippen LogP contribution is 2.19. The lowest BCUT2D eigenvalue weighted by Gasteiger charge is -2.12. The SMILES string of the molecule is CCNC(=NCCC(O)c1ccccc1)NCCc1coc(-c2ccc(F)cc2)n1. The Morgan fingerprint density at radius 2 is 1.90 bits per heavy atom. The van der Waals surface area contributed by atoms with Gasteiger partial charge in [0.1, 0.15) is 12.1 Å². The smallest absolute Gasteiger partial charge is 0.226 e. The molecular formula is C23H27FN4O2. The van der Waals surface area contributed by atoms with Crippen LogP contribution < -0.4 is 10.6 Å². The molecule has 0 radical (unpaired) electrons. The summed E-state index contributed by atoms with van der Waals surface area (Å²) in [5.41, 5.74) is 2.44. The molecule has 0 fully saturated rings. The summed E-state index contributed by atoms with van der Waals surface area (Å²) in [6.45, 7) is 3.88. The molecule has 0 amide bonds. The van der Waals surface area contributed by atoms with E-state index in [9.17, 15) is 9.50 Å². The van der Waals surface area contributed by atoms with E-state index in [4.69, 9.17) is 4.42 Å². The Morgan fingerprint density at radius 3 is 2.63 bits per heavy atom. The zero-order valence-electron chi connectivity index (χ0n) is 17.0. The number of nitrogens with zero attached hydrogens (tertiary/aromatic N) is 2. The van der Waals surface area contributed by atoms with Crippen molar-refractivity contribution in [2.75, 3.05) is 19.6 Å². The van der Waals surface area contributed by atoms with Crippen LogP contribution in [0.4, 0.5) is 4.39 Å². The van der Waals surface area contributed by atoms with E-state index in [1.807, 2.05) is 37.3 Å². The van der Waals surface area contributed by atoms with Gasteiger partial charge in [-0.3, -0.25) is 4.99 Å². The molecule has 3 N–H and O–H groups in total. The second-order valence-corrected chi connectivity index (χ2v) is 6.80. The average molecular weight is 410 g/mol. The molecule has 0 spiro atoms. The topological polar surface area (TPSA) is 82.7 Å². The van der Waals surface area contributed by atoms with E-state index in [1.165, 1.54) is 12.1 Å². The molecule has 7 heteroatoms. The molecule has 0 aliphatic rings. The number of nitrogens with one attached hydrogen (secondary N) is 2. The third kappa shape index (κ3) is 6.42. The van der Waals surface area contributed by atoms with E-state index in [0.717, 1.165) is 23.4 Å². The zero-order valence-corrected chi connectivity index (χ0v) is 17.0. The van der Waals surface area contributed by atoms with E-state index < -0.39 is 6.10 Å². The number of halogens is 1. The lowest BCUT2D eigenvalue weighted by atomic mass is 10.1. The monoisotopic (exact) mass is 410 g/mol. The van der Waals surface area contributed by atoms with Gasteiger partial charge in [0.25, 0.3) is 0 Å². The van der Waals surface area contributed by atoms with Gasteiger partial charge >= 0.3 is 0 Å². The first-order valence-corrected chi connectivity index (χ1v) is 10.1. The van der Waals surface area contributed by atoms with Gasteiger partial charge in [-0.1, -0.05) is 30.3 Å². The van der Waals surface area contributed by atoms with E-state index in [2.05, 4.69) is 20.6 Å².